The lowest BCUT2D eigenvalue weighted by Crippen LogP contribution is -2.01. The van der Waals surface area contributed by atoms with Crippen LogP contribution in [0, 0.1) is 0 Å². The van der Waals surface area contributed by atoms with Gasteiger partial charge in [-0.25, -0.2) is 4.79 Å². The van der Waals surface area contributed by atoms with Crippen LogP contribution in [0.25, 0.3) is 11.1 Å². The zero-order chi connectivity index (χ0) is 14.7. The molecule has 3 heteroatoms. The van der Waals surface area contributed by atoms with Crippen LogP contribution in [0.5, 0.6) is 0 Å². The Morgan fingerprint density at radius 1 is 1.05 bits per heavy atom. The Bertz CT molecular complexity index is 647. The molecule has 0 fully saturated rings. The zero-order valence-corrected chi connectivity index (χ0v) is 12.4. The summed E-state index contributed by atoms with van der Waals surface area (Å²) in [5.74, 6) is -0.952. The van der Waals surface area contributed by atoms with Gasteiger partial charge in [0.2, 0.25) is 0 Å². The quantitative estimate of drug-likeness (QED) is 0.875. The van der Waals surface area contributed by atoms with E-state index in [1.54, 1.807) is 12.1 Å². The summed E-state index contributed by atoms with van der Waals surface area (Å²) in [5, 5.41) is 9.82. The van der Waals surface area contributed by atoms with Crippen LogP contribution in [-0.2, 0) is 12.8 Å². The Morgan fingerprint density at radius 2 is 1.80 bits per heavy atom. The van der Waals surface area contributed by atoms with Crippen molar-refractivity contribution in [3.8, 4) is 11.1 Å². The van der Waals surface area contributed by atoms with Gasteiger partial charge in [-0.1, -0.05) is 49.7 Å². The second-order valence-corrected chi connectivity index (χ2v) is 5.13. The highest BCUT2D eigenvalue weighted by molar-refractivity contribution is 6.31. The lowest BCUT2D eigenvalue weighted by atomic mass is 9.92. The number of halogens is 1. The first-order chi connectivity index (χ1) is 9.56. The third-order valence-electron chi connectivity index (χ3n) is 3.47. The molecule has 2 aromatic rings. The van der Waals surface area contributed by atoms with Gasteiger partial charge in [0.25, 0.3) is 0 Å². The van der Waals surface area contributed by atoms with E-state index in [-0.39, 0.29) is 5.56 Å². The predicted molar refractivity (Wildman–Crippen MR) is 82.6 cm³/mol. The van der Waals surface area contributed by atoms with Crippen molar-refractivity contribution in [1.29, 1.82) is 0 Å². The molecule has 0 aliphatic rings. The van der Waals surface area contributed by atoms with E-state index in [2.05, 4.69) is 32.0 Å². The van der Waals surface area contributed by atoms with E-state index in [4.69, 9.17) is 11.6 Å². The summed E-state index contributed by atoms with van der Waals surface area (Å²) in [6.45, 7) is 4.16. The van der Waals surface area contributed by atoms with Crippen molar-refractivity contribution in [1.82, 2.24) is 0 Å². The Morgan fingerprint density at radius 3 is 2.40 bits per heavy atom. The molecule has 0 aliphatic heterocycles. The van der Waals surface area contributed by atoms with Crippen molar-refractivity contribution in [3.05, 3.63) is 58.1 Å². The van der Waals surface area contributed by atoms with Crippen molar-refractivity contribution >= 4 is 17.6 Å². The molecule has 0 radical (unpaired) electrons. The van der Waals surface area contributed by atoms with Gasteiger partial charge in [0.15, 0.2) is 0 Å². The first-order valence-electron chi connectivity index (χ1n) is 6.71. The maximum absolute atomic E-state index is 11.4. The third kappa shape index (κ3) is 2.86. The smallest absolute Gasteiger partial charge is 0.336 e. The fourth-order valence-electron chi connectivity index (χ4n) is 2.33. The second-order valence-electron chi connectivity index (χ2n) is 4.69. The lowest BCUT2D eigenvalue weighted by Gasteiger charge is -2.13. The Labute approximate surface area is 124 Å². The van der Waals surface area contributed by atoms with Gasteiger partial charge in [-0.2, -0.15) is 0 Å². The standard InChI is InChI=1S/C17H17ClO2/c1-3-11-5-6-12(4-2)15(9-11)14-8-7-13(18)10-16(14)17(19)20/h5-10H,3-4H2,1-2H3,(H,19,20). The summed E-state index contributed by atoms with van der Waals surface area (Å²) >= 11 is 5.92. The van der Waals surface area contributed by atoms with E-state index in [1.165, 1.54) is 11.6 Å². The van der Waals surface area contributed by atoms with Crippen LogP contribution in [0.4, 0.5) is 0 Å². The van der Waals surface area contributed by atoms with E-state index in [0.717, 1.165) is 29.5 Å². The molecule has 0 aliphatic carbocycles. The van der Waals surface area contributed by atoms with E-state index in [0.29, 0.717) is 5.02 Å². The number of aryl methyl sites for hydroxylation is 2. The molecule has 0 aromatic heterocycles. The molecule has 0 unspecified atom stereocenters. The molecular weight excluding hydrogens is 272 g/mol. The maximum Gasteiger partial charge on any atom is 0.336 e. The number of hydrogen-bond donors (Lipinski definition) is 1. The van der Waals surface area contributed by atoms with Crippen LogP contribution in [0.15, 0.2) is 36.4 Å². The molecule has 0 atom stereocenters. The average molecular weight is 289 g/mol. The molecule has 0 spiro atoms. The van der Waals surface area contributed by atoms with Crippen molar-refractivity contribution in [2.45, 2.75) is 26.7 Å². The molecule has 0 saturated heterocycles. The summed E-state index contributed by atoms with van der Waals surface area (Å²) < 4.78 is 0. The number of aromatic carboxylic acids is 1. The largest absolute Gasteiger partial charge is 0.478 e. The molecule has 0 saturated carbocycles. The van der Waals surface area contributed by atoms with E-state index >= 15 is 0 Å². The van der Waals surface area contributed by atoms with Gasteiger partial charge in [0.1, 0.15) is 0 Å². The van der Waals surface area contributed by atoms with Gasteiger partial charge in [-0.3, -0.25) is 0 Å². The number of hydrogen-bond acceptors (Lipinski definition) is 1. The zero-order valence-electron chi connectivity index (χ0n) is 11.6. The SMILES string of the molecule is CCc1ccc(CC)c(-c2ccc(Cl)cc2C(=O)O)c1. The molecule has 0 bridgehead atoms. The number of carboxylic acids is 1. The van der Waals surface area contributed by atoms with Gasteiger partial charge in [0.05, 0.1) is 5.56 Å². The van der Waals surface area contributed by atoms with Crippen molar-refractivity contribution < 1.29 is 9.90 Å². The van der Waals surface area contributed by atoms with E-state index < -0.39 is 5.97 Å². The summed E-state index contributed by atoms with van der Waals surface area (Å²) in [7, 11) is 0. The van der Waals surface area contributed by atoms with Crippen LogP contribution < -0.4 is 0 Å². The summed E-state index contributed by atoms with van der Waals surface area (Å²) in [6, 6.07) is 11.3. The average Bonchev–Trinajstić information content (AvgIpc) is 2.46. The molecule has 2 rings (SSSR count). The molecular formula is C17H17ClO2. The normalized spacial score (nSPS) is 10.6. The van der Waals surface area contributed by atoms with E-state index in [1.807, 2.05) is 0 Å². The topological polar surface area (TPSA) is 37.3 Å². The van der Waals surface area contributed by atoms with Gasteiger partial charge in [-0.15, -0.1) is 0 Å². The molecule has 2 aromatic carbocycles. The van der Waals surface area contributed by atoms with Crippen LogP contribution in [0.2, 0.25) is 5.02 Å². The minimum absolute atomic E-state index is 0.250. The minimum Gasteiger partial charge on any atom is -0.478 e. The third-order valence-corrected chi connectivity index (χ3v) is 3.70. The highest BCUT2D eigenvalue weighted by Gasteiger charge is 2.15. The first kappa shape index (κ1) is 14.6. The maximum atomic E-state index is 11.4. The lowest BCUT2D eigenvalue weighted by molar-refractivity contribution is 0.0697. The fraction of sp³-hybridized carbons (Fsp3) is 0.235. The van der Waals surface area contributed by atoms with E-state index in [9.17, 15) is 9.90 Å². The van der Waals surface area contributed by atoms with Crippen molar-refractivity contribution in [3.63, 3.8) is 0 Å². The van der Waals surface area contributed by atoms with Crippen LogP contribution in [-0.4, -0.2) is 11.1 Å². The van der Waals surface area contributed by atoms with Gasteiger partial charge < -0.3 is 5.11 Å². The summed E-state index contributed by atoms with van der Waals surface area (Å²) in [6.07, 6.45) is 1.79. The van der Waals surface area contributed by atoms with Crippen LogP contribution >= 0.6 is 11.6 Å². The molecule has 0 amide bonds. The predicted octanol–water partition coefficient (Wildman–Crippen LogP) is 4.83. The number of rotatable bonds is 4. The highest BCUT2D eigenvalue weighted by Crippen LogP contribution is 2.31. The number of carboxylic acid groups (broad SMARTS) is 1. The summed E-state index contributed by atoms with van der Waals surface area (Å²) in [4.78, 5) is 11.4. The number of benzene rings is 2. The Hall–Kier alpha value is -1.80. The highest BCUT2D eigenvalue weighted by atomic mass is 35.5. The fourth-order valence-corrected chi connectivity index (χ4v) is 2.50. The van der Waals surface area contributed by atoms with Gasteiger partial charge in [-0.05, 0) is 47.2 Å². The summed E-state index contributed by atoms with van der Waals surface area (Å²) in [5.41, 5.74) is 4.31. The molecule has 0 heterocycles. The molecule has 1 N–H and O–H groups in total. The first-order valence-corrected chi connectivity index (χ1v) is 7.09. The number of carbonyl (C=O) groups is 1. The van der Waals surface area contributed by atoms with Crippen LogP contribution in [0.1, 0.15) is 35.3 Å². The van der Waals surface area contributed by atoms with Crippen LogP contribution in [0.3, 0.4) is 0 Å². The Balaban J connectivity index is 2.69. The van der Waals surface area contributed by atoms with Gasteiger partial charge in [0, 0.05) is 5.02 Å². The molecule has 20 heavy (non-hydrogen) atoms. The Kier molecular flexibility index (Phi) is 4.46. The molecule has 104 valence electrons. The minimum atomic E-state index is -0.952. The van der Waals surface area contributed by atoms with Gasteiger partial charge >= 0.3 is 5.97 Å². The van der Waals surface area contributed by atoms with Crippen molar-refractivity contribution in [2.75, 3.05) is 0 Å². The molecule has 2 nitrogen and oxygen atoms in total. The monoisotopic (exact) mass is 288 g/mol. The second kappa shape index (κ2) is 6.10. The van der Waals surface area contributed by atoms with Crippen molar-refractivity contribution in [2.24, 2.45) is 0 Å².